The number of ether oxygens (including phenoxy) is 1. The van der Waals surface area contributed by atoms with E-state index in [0.717, 1.165) is 19.5 Å². The van der Waals surface area contributed by atoms with Gasteiger partial charge in [-0.15, -0.1) is 0 Å². The molecule has 3 heteroatoms. The third kappa shape index (κ3) is 1.33. The van der Waals surface area contributed by atoms with E-state index in [-0.39, 0.29) is 11.7 Å². The Labute approximate surface area is 73.7 Å². The largest absolute Gasteiger partial charge is 0.443 e. The summed E-state index contributed by atoms with van der Waals surface area (Å²) in [5.41, 5.74) is -0.263. The molecule has 0 N–H and O–H groups in total. The lowest BCUT2D eigenvalue weighted by atomic mass is 9.99. The molecule has 0 aromatic heterocycles. The van der Waals surface area contributed by atoms with E-state index in [2.05, 4.69) is 25.7 Å². The van der Waals surface area contributed by atoms with Crippen molar-refractivity contribution >= 4 is 5.97 Å². The van der Waals surface area contributed by atoms with Crippen molar-refractivity contribution in [2.24, 2.45) is 0 Å². The first kappa shape index (κ1) is 9.52. The Morgan fingerprint density at radius 2 is 1.92 bits per heavy atom. The van der Waals surface area contributed by atoms with Gasteiger partial charge in [-0.3, -0.25) is 9.69 Å². The molecule has 0 aromatic rings. The van der Waals surface area contributed by atoms with Gasteiger partial charge >= 0.3 is 5.97 Å². The predicted octanol–water partition coefficient (Wildman–Crippen LogP) is 1.38. The van der Waals surface area contributed by atoms with Crippen LogP contribution in [-0.4, -0.2) is 29.7 Å². The van der Waals surface area contributed by atoms with Crippen molar-refractivity contribution in [2.45, 2.75) is 39.3 Å². The lowest BCUT2D eigenvalue weighted by Gasteiger charge is -2.47. The van der Waals surface area contributed by atoms with Gasteiger partial charge in [-0.1, -0.05) is 20.8 Å². The molecule has 1 unspecified atom stereocenters. The van der Waals surface area contributed by atoms with E-state index in [9.17, 15) is 4.79 Å². The topological polar surface area (TPSA) is 29.5 Å². The molecule has 70 valence electrons. The van der Waals surface area contributed by atoms with Crippen LogP contribution in [0.3, 0.4) is 0 Å². The van der Waals surface area contributed by atoms with Crippen LogP contribution < -0.4 is 0 Å². The Morgan fingerprint density at radius 1 is 1.42 bits per heavy atom. The molecule has 1 aliphatic heterocycles. The van der Waals surface area contributed by atoms with Gasteiger partial charge in [-0.2, -0.15) is 0 Å². The highest BCUT2D eigenvalue weighted by Gasteiger charge is 2.48. The van der Waals surface area contributed by atoms with Crippen LogP contribution in [0.5, 0.6) is 0 Å². The van der Waals surface area contributed by atoms with Crippen molar-refractivity contribution in [3.8, 4) is 0 Å². The lowest BCUT2D eigenvalue weighted by Crippen LogP contribution is -2.59. The van der Waals surface area contributed by atoms with E-state index in [0.29, 0.717) is 6.42 Å². The van der Waals surface area contributed by atoms with Gasteiger partial charge in [-0.25, -0.2) is 0 Å². The minimum Gasteiger partial charge on any atom is -0.443 e. The number of nitrogens with zero attached hydrogens (tertiary/aromatic N) is 1. The van der Waals surface area contributed by atoms with E-state index in [1.165, 1.54) is 0 Å². The van der Waals surface area contributed by atoms with Gasteiger partial charge in [0.1, 0.15) is 0 Å². The van der Waals surface area contributed by atoms with Gasteiger partial charge in [-0.05, 0) is 19.5 Å². The molecular formula is C9H17NO2. The van der Waals surface area contributed by atoms with Crippen molar-refractivity contribution in [3.05, 3.63) is 0 Å². The Hall–Kier alpha value is -0.570. The molecule has 0 bridgehead atoms. The summed E-state index contributed by atoms with van der Waals surface area (Å²) in [4.78, 5) is 13.0. The third-order valence-electron chi connectivity index (χ3n) is 2.62. The van der Waals surface area contributed by atoms with Gasteiger partial charge < -0.3 is 4.74 Å². The van der Waals surface area contributed by atoms with Crippen LogP contribution in [0.1, 0.15) is 33.6 Å². The zero-order chi connectivity index (χ0) is 9.19. The Morgan fingerprint density at radius 3 is 2.17 bits per heavy atom. The number of cyclic esters (lactones) is 1. The standard InChI is InChI=1S/C9H17NO2/c1-4-9(7-8(11)12-9)10(5-2)6-3/h4-7H2,1-3H3. The van der Waals surface area contributed by atoms with Crippen molar-refractivity contribution in [3.63, 3.8) is 0 Å². The van der Waals surface area contributed by atoms with E-state index in [4.69, 9.17) is 4.74 Å². The molecule has 0 amide bonds. The van der Waals surface area contributed by atoms with E-state index >= 15 is 0 Å². The first-order valence-electron chi connectivity index (χ1n) is 4.65. The SMILES string of the molecule is CCN(CC)C1(CC)CC(=O)O1. The molecule has 0 radical (unpaired) electrons. The molecular weight excluding hydrogens is 154 g/mol. The molecule has 0 aliphatic carbocycles. The molecule has 1 aliphatic rings. The second-order valence-corrected chi connectivity index (χ2v) is 3.12. The Kier molecular flexibility index (Phi) is 2.73. The van der Waals surface area contributed by atoms with Crippen molar-refractivity contribution < 1.29 is 9.53 Å². The molecule has 3 nitrogen and oxygen atoms in total. The smallest absolute Gasteiger partial charge is 0.313 e. The summed E-state index contributed by atoms with van der Waals surface area (Å²) in [6, 6.07) is 0. The maximum Gasteiger partial charge on any atom is 0.313 e. The summed E-state index contributed by atoms with van der Waals surface area (Å²) in [6.45, 7) is 8.13. The number of hydrogen-bond acceptors (Lipinski definition) is 3. The number of carbonyl (C=O) groups is 1. The highest BCUT2D eigenvalue weighted by molar-refractivity contribution is 5.76. The van der Waals surface area contributed by atoms with Gasteiger partial charge in [0.15, 0.2) is 5.72 Å². The highest BCUT2D eigenvalue weighted by atomic mass is 16.6. The summed E-state index contributed by atoms with van der Waals surface area (Å²) in [5.74, 6) is -0.0660. The van der Waals surface area contributed by atoms with Gasteiger partial charge in [0.2, 0.25) is 0 Å². The van der Waals surface area contributed by atoms with Gasteiger partial charge in [0.05, 0.1) is 6.42 Å². The summed E-state index contributed by atoms with van der Waals surface area (Å²) < 4.78 is 5.21. The van der Waals surface area contributed by atoms with Crippen molar-refractivity contribution in [2.75, 3.05) is 13.1 Å². The number of esters is 1. The molecule has 1 saturated heterocycles. The number of rotatable bonds is 4. The first-order chi connectivity index (χ1) is 5.68. The predicted molar refractivity (Wildman–Crippen MR) is 46.7 cm³/mol. The van der Waals surface area contributed by atoms with E-state index in [1.807, 2.05) is 0 Å². The van der Waals surface area contributed by atoms with Gasteiger partial charge in [0.25, 0.3) is 0 Å². The van der Waals surface area contributed by atoms with Crippen LogP contribution in [0, 0.1) is 0 Å². The van der Waals surface area contributed by atoms with Crippen LogP contribution >= 0.6 is 0 Å². The quantitative estimate of drug-likeness (QED) is 0.598. The molecule has 0 saturated carbocycles. The molecule has 1 atom stereocenters. The van der Waals surface area contributed by atoms with Crippen LogP contribution in [-0.2, 0) is 9.53 Å². The van der Waals surface area contributed by atoms with Crippen LogP contribution in [0.25, 0.3) is 0 Å². The average Bonchev–Trinajstić information content (AvgIpc) is 2.02. The first-order valence-corrected chi connectivity index (χ1v) is 4.65. The summed E-state index contributed by atoms with van der Waals surface area (Å²) in [5, 5.41) is 0. The highest BCUT2D eigenvalue weighted by Crippen LogP contribution is 2.34. The summed E-state index contributed by atoms with van der Waals surface area (Å²) in [6.07, 6.45) is 1.45. The maximum absolute atomic E-state index is 10.8. The Bertz CT molecular complexity index is 167. The zero-order valence-electron chi connectivity index (χ0n) is 8.09. The fraction of sp³-hybridized carbons (Fsp3) is 0.889. The van der Waals surface area contributed by atoms with E-state index in [1.54, 1.807) is 0 Å². The van der Waals surface area contributed by atoms with Crippen molar-refractivity contribution in [1.82, 2.24) is 4.90 Å². The van der Waals surface area contributed by atoms with Crippen LogP contribution in [0.4, 0.5) is 0 Å². The number of carbonyl (C=O) groups excluding carboxylic acids is 1. The fourth-order valence-electron chi connectivity index (χ4n) is 1.83. The zero-order valence-corrected chi connectivity index (χ0v) is 8.09. The van der Waals surface area contributed by atoms with E-state index < -0.39 is 0 Å². The lowest BCUT2D eigenvalue weighted by molar-refractivity contribution is -0.230. The monoisotopic (exact) mass is 171 g/mol. The molecule has 1 fully saturated rings. The minimum absolute atomic E-state index is 0.0660. The number of hydrogen-bond donors (Lipinski definition) is 0. The second kappa shape index (κ2) is 3.44. The summed E-state index contributed by atoms with van der Waals surface area (Å²) >= 11 is 0. The van der Waals surface area contributed by atoms with Gasteiger partial charge in [0, 0.05) is 0 Å². The Balaban J connectivity index is 2.60. The molecule has 12 heavy (non-hydrogen) atoms. The minimum atomic E-state index is -0.263. The second-order valence-electron chi connectivity index (χ2n) is 3.12. The maximum atomic E-state index is 10.8. The molecule has 1 rings (SSSR count). The molecule has 0 aromatic carbocycles. The fourth-order valence-corrected chi connectivity index (χ4v) is 1.83. The summed E-state index contributed by atoms with van der Waals surface area (Å²) in [7, 11) is 0. The van der Waals surface area contributed by atoms with Crippen molar-refractivity contribution in [1.29, 1.82) is 0 Å². The van der Waals surface area contributed by atoms with Crippen LogP contribution in [0.2, 0.25) is 0 Å². The third-order valence-corrected chi connectivity index (χ3v) is 2.62. The average molecular weight is 171 g/mol. The molecule has 1 heterocycles. The van der Waals surface area contributed by atoms with Crippen LogP contribution in [0.15, 0.2) is 0 Å². The molecule has 0 spiro atoms. The normalized spacial score (nSPS) is 28.5.